The third kappa shape index (κ3) is 5.60. The normalized spacial score (nSPS) is 10.8. The highest BCUT2D eigenvalue weighted by atomic mass is 19.1. The molecule has 0 atom stereocenters. The van der Waals surface area contributed by atoms with E-state index in [9.17, 15) is 4.39 Å². The number of rotatable bonds is 7. The first-order chi connectivity index (χ1) is 7.68. The van der Waals surface area contributed by atoms with Crippen LogP contribution in [-0.2, 0) is 4.74 Å². The van der Waals surface area contributed by atoms with Crippen LogP contribution in [0, 0.1) is 11.7 Å². The number of halogens is 1. The fourth-order valence-corrected chi connectivity index (χ4v) is 1.10. The van der Waals surface area contributed by atoms with Crippen molar-refractivity contribution in [2.75, 3.05) is 25.1 Å². The molecular weight excluding hydrogens is 209 g/mol. The molecule has 4 nitrogen and oxygen atoms in total. The minimum Gasteiger partial charge on any atom is -0.381 e. The van der Waals surface area contributed by atoms with Gasteiger partial charge in [-0.25, -0.2) is 14.4 Å². The van der Waals surface area contributed by atoms with Gasteiger partial charge in [-0.15, -0.1) is 0 Å². The summed E-state index contributed by atoms with van der Waals surface area (Å²) in [6, 6.07) is 0. The maximum Gasteiger partial charge on any atom is 0.222 e. The number of aromatic nitrogens is 2. The lowest BCUT2D eigenvalue weighted by atomic mass is 10.2. The van der Waals surface area contributed by atoms with E-state index in [1.165, 1.54) is 0 Å². The number of hydrogen-bond donors (Lipinski definition) is 1. The molecule has 1 aromatic rings. The van der Waals surface area contributed by atoms with Gasteiger partial charge in [-0.05, 0) is 12.3 Å². The molecule has 0 bridgehead atoms. The fraction of sp³-hybridized carbons (Fsp3) is 0.636. The molecular formula is C11H18FN3O. The van der Waals surface area contributed by atoms with Crippen LogP contribution in [0.5, 0.6) is 0 Å². The Morgan fingerprint density at radius 3 is 2.69 bits per heavy atom. The number of nitrogens with zero attached hydrogens (tertiary/aromatic N) is 2. The summed E-state index contributed by atoms with van der Waals surface area (Å²) in [7, 11) is 0. The van der Waals surface area contributed by atoms with Crippen molar-refractivity contribution in [3.63, 3.8) is 0 Å². The molecule has 0 unspecified atom stereocenters. The van der Waals surface area contributed by atoms with Gasteiger partial charge in [0, 0.05) is 19.8 Å². The van der Waals surface area contributed by atoms with Gasteiger partial charge in [0.2, 0.25) is 5.95 Å². The third-order valence-corrected chi connectivity index (χ3v) is 1.82. The summed E-state index contributed by atoms with van der Waals surface area (Å²) in [6.45, 7) is 6.46. The quantitative estimate of drug-likeness (QED) is 0.724. The Kier molecular flexibility index (Phi) is 5.71. The minimum atomic E-state index is -0.425. The molecule has 0 fully saturated rings. The molecule has 0 radical (unpaired) electrons. The third-order valence-electron chi connectivity index (χ3n) is 1.82. The maximum absolute atomic E-state index is 12.5. The molecule has 0 aliphatic heterocycles. The van der Waals surface area contributed by atoms with Crippen LogP contribution in [0.15, 0.2) is 12.4 Å². The van der Waals surface area contributed by atoms with Gasteiger partial charge in [0.25, 0.3) is 0 Å². The molecule has 90 valence electrons. The Bertz CT molecular complexity index is 290. The summed E-state index contributed by atoms with van der Waals surface area (Å²) in [5, 5.41) is 2.99. The molecule has 0 saturated carbocycles. The zero-order valence-corrected chi connectivity index (χ0v) is 9.74. The summed E-state index contributed by atoms with van der Waals surface area (Å²) in [5.74, 6) is 0.587. The van der Waals surface area contributed by atoms with Gasteiger partial charge in [0.05, 0.1) is 12.4 Å². The summed E-state index contributed by atoms with van der Waals surface area (Å²) < 4.78 is 17.9. The van der Waals surface area contributed by atoms with Crippen molar-refractivity contribution >= 4 is 5.95 Å². The zero-order valence-electron chi connectivity index (χ0n) is 9.74. The van der Waals surface area contributed by atoms with Crippen molar-refractivity contribution in [1.82, 2.24) is 9.97 Å². The first kappa shape index (κ1) is 12.8. The Hall–Kier alpha value is -1.23. The summed E-state index contributed by atoms with van der Waals surface area (Å²) in [4.78, 5) is 7.57. The summed E-state index contributed by atoms with van der Waals surface area (Å²) in [6.07, 6.45) is 3.17. The first-order valence-electron chi connectivity index (χ1n) is 5.47. The largest absolute Gasteiger partial charge is 0.381 e. The molecule has 1 rings (SSSR count). The van der Waals surface area contributed by atoms with E-state index in [4.69, 9.17) is 4.74 Å². The molecule has 16 heavy (non-hydrogen) atoms. The standard InChI is InChI=1S/C11H18FN3O/c1-9(2)8-16-5-3-4-13-11-14-6-10(12)7-15-11/h6-7,9H,3-5,8H2,1-2H3,(H,13,14,15). The van der Waals surface area contributed by atoms with Crippen molar-refractivity contribution in [2.45, 2.75) is 20.3 Å². The van der Waals surface area contributed by atoms with Crippen molar-refractivity contribution in [2.24, 2.45) is 5.92 Å². The average Bonchev–Trinajstić information content (AvgIpc) is 2.25. The van der Waals surface area contributed by atoms with E-state index >= 15 is 0 Å². The van der Waals surface area contributed by atoms with E-state index < -0.39 is 5.82 Å². The second kappa shape index (κ2) is 7.11. The molecule has 1 heterocycles. The van der Waals surface area contributed by atoms with E-state index in [-0.39, 0.29) is 0 Å². The summed E-state index contributed by atoms with van der Waals surface area (Å²) in [5.41, 5.74) is 0. The first-order valence-corrected chi connectivity index (χ1v) is 5.47. The topological polar surface area (TPSA) is 47.0 Å². The predicted molar refractivity (Wildman–Crippen MR) is 60.8 cm³/mol. The number of hydrogen-bond acceptors (Lipinski definition) is 4. The van der Waals surface area contributed by atoms with Crippen LogP contribution in [0.4, 0.5) is 10.3 Å². The van der Waals surface area contributed by atoms with E-state index in [2.05, 4.69) is 29.1 Å². The van der Waals surface area contributed by atoms with Crippen LogP contribution in [0.1, 0.15) is 20.3 Å². The second-order valence-electron chi connectivity index (χ2n) is 3.97. The predicted octanol–water partition coefficient (Wildman–Crippen LogP) is 2.09. The Morgan fingerprint density at radius 2 is 2.06 bits per heavy atom. The lowest BCUT2D eigenvalue weighted by Gasteiger charge is -2.07. The van der Waals surface area contributed by atoms with Gasteiger partial charge in [-0.2, -0.15) is 0 Å². The molecule has 0 aliphatic carbocycles. The maximum atomic E-state index is 12.5. The van der Waals surface area contributed by atoms with Gasteiger partial charge >= 0.3 is 0 Å². The Labute approximate surface area is 95.3 Å². The minimum absolute atomic E-state index is 0.425. The molecule has 1 N–H and O–H groups in total. The molecule has 0 saturated heterocycles. The van der Waals surface area contributed by atoms with E-state index in [0.717, 1.165) is 32.0 Å². The highest BCUT2D eigenvalue weighted by Gasteiger charge is 1.96. The lowest BCUT2D eigenvalue weighted by Crippen LogP contribution is -2.10. The molecule has 0 spiro atoms. The summed E-state index contributed by atoms with van der Waals surface area (Å²) >= 11 is 0. The van der Waals surface area contributed by atoms with Crippen molar-refractivity contribution in [3.05, 3.63) is 18.2 Å². The Morgan fingerprint density at radius 1 is 1.38 bits per heavy atom. The van der Waals surface area contributed by atoms with Crippen LogP contribution in [0.3, 0.4) is 0 Å². The zero-order chi connectivity index (χ0) is 11.8. The lowest BCUT2D eigenvalue weighted by molar-refractivity contribution is 0.110. The SMILES string of the molecule is CC(C)COCCCNc1ncc(F)cn1. The number of anilines is 1. The van der Waals surface area contributed by atoms with Crippen LogP contribution < -0.4 is 5.32 Å². The molecule has 0 amide bonds. The smallest absolute Gasteiger partial charge is 0.222 e. The monoisotopic (exact) mass is 227 g/mol. The van der Waals surface area contributed by atoms with Crippen LogP contribution >= 0.6 is 0 Å². The number of nitrogens with one attached hydrogen (secondary N) is 1. The van der Waals surface area contributed by atoms with Gasteiger partial charge in [0.15, 0.2) is 5.82 Å². The van der Waals surface area contributed by atoms with Gasteiger partial charge in [-0.3, -0.25) is 0 Å². The highest BCUT2D eigenvalue weighted by molar-refractivity contribution is 5.21. The number of ether oxygens (including phenoxy) is 1. The van der Waals surface area contributed by atoms with Gasteiger partial charge in [0.1, 0.15) is 0 Å². The van der Waals surface area contributed by atoms with Crippen molar-refractivity contribution in [3.8, 4) is 0 Å². The van der Waals surface area contributed by atoms with Crippen molar-refractivity contribution in [1.29, 1.82) is 0 Å². The molecule has 0 aromatic carbocycles. The molecule has 0 aliphatic rings. The van der Waals surface area contributed by atoms with Crippen LogP contribution in [-0.4, -0.2) is 29.7 Å². The van der Waals surface area contributed by atoms with Gasteiger partial charge in [-0.1, -0.05) is 13.8 Å². The highest BCUT2D eigenvalue weighted by Crippen LogP contribution is 1.98. The van der Waals surface area contributed by atoms with Gasteiger partial charge < -0.3 is 10.1 Å². The fourth-order valence-electron chi connectivity index (χ4n) is 1.10. The van der Waals surface area contributed by atoms with E-state index in [1.807, 2.05) is 0 Å². The second-order valence-corrected chi connectivity index (χ2v) is 3.97. The van der Waals surface area contributed by atoms with E-state index in [0.29, 0.717) is 18.5 Å². The molecule has 5 heteroatoms. The van der Waals surface area contributed by atoms with Crippen LogP contribution in [0.2, 0.25) is 0 Å². The van der Waals surface area contributed by atoms with Crippen molar-refractivity contribution < 1.29 is 9.13 Å². The average molecular weight is 227 g/mol. The van der Waals surface area contributed by atoms with E-state index in [1.54, 1.807) is 0 Å². The van der Waals surface area contributed by atoms with Crippen LogP contribution in [0.25, 0.3) is 0 Å². The molecule has 1 aromatic heterocycles. The Balaban J connectivity index is 2.05.